The number of aryl methyl sites for hydroxylation is 1. The van der Waals surface area contributed by atoms with Gasteiger partial charge >= 0.3 is 15.8 Å². The first kappa shape index (κ1) is 32.7. The van der Waals surface area contributed by atoms with E-state index in [1.54, 1.807) is 29.5 Å². The molecule has 2 aliphatic heterocycles. The molecule has 0 saturated carbocycles. The predicted molar refractivity (Wildman–Crippen MR) is 163 cm³/mol. The van der Waals surface area contributed by atoms with Crippen molar-refractivity contribution in [3.05, 3.63) is 41.2 Å². The van der Waals surface area contributed by atoms with Gasteiger partial charge in [-0.3, -0.25) is 14.3 Å². The van der Waals surface area contributed by atoms with Gasteiger partial charge in [-0.05, 0) is 65.8 Å². The van der Waals surface area contributed by atoms with Crippen molar-refractivity contribution in [1.29, 1.82) is 0 Å². The molecule has 15 heteroatoms. The van der Waals surface area contributed by atoms with Gasteiger partial charge in [0.15, 0.2) is 31.4 Å². The van der Waals surface area contributed by atoms with E-state index in [2.05, 4.69) is 38.8 Å². The van der Waals surface area contributed by atoms with Crippen molar-refractivity contribution >= 4 is 49.3 Å². The molecule has 1 unspecified atom stereocenters. The number of aromatic nitrogens is 2. The summed E-state index contributed by atoms with van der Waals surface area (Å²) in [5, 5.41) is -0.427. The number of nitrogens with one attached hydrogen (secondary N) is 1. The van der Waals surface area contributed by atoms with Crippen LogP contribution in [0.15, 0.2) is 24.4 Å². The summed E-state index contributed by atoms with van der Waals surface area (Å²) in [6, 6.07) is 0. The highest BCUT2D eigenvalue weighted by atomic mass is 127. The summed E-state index contributed by atoms with van der Waals surface area (Å²) in [5.41, 5.74) is 3.78. The van der Waals surface area contributed by atoms with Crippen LogP contribution < -0.4 is 17.0 Å². The highest BCUT2D eigenvalue weighted by Crippen LogP contribution is 2.54. The monoisotopic (exact) mass is 715 g/mol. The topological polar surface area (TPSA) is 152 Å². The van der Waals surface area contributed by atoms with Crippen LogP contribution in [-0.2, 0) is 27.9 Å². The molecule has 0 aromatic carbocycles. The van der Waals surface area contributed by atoms with Crippen LogP contribution in [-0.4, -0.2) is 59.0 Å². The van der Waals surface area contributed by atoms with Gasteiger partial charge in [0, 0.05) is 11.8 Å². The largest absolute Gasteiger partial charge is 0.414 e. The van der Waals surface area contributed by atoms with Crippen molar-refractivity contribution in [2.75, 3.05) is 6.61 Å². The van der Waals surface area contributed by atoms with Crippen molar-refractivity contribution < 1.29 is 26.2 Å². The average molecular weight is 716 g/mol. The van der Waals surface area contributed by atoms with Gasteiger partial charge in [0.25, 0.3) is 5.56 Å². The Labute approximate surface area is 246 Å². The zero-order chi connectivity index (χ0) is 30.1. The lowest BCUT2D eigenvalue weighted by molar-refractivity contribution is -0.0563. The smallest absolute Gasteiger partial charge is 0.330 e. The molecular formula is C24H42IN3O8SSi2. The lowest BCUT2D eigenvalue weighted by atomic mass is 9.89. The Hall–Kier alpha value is -0.826. The lowest BCUT2D eigenvalue weighted by Crippen LogP contribution is -2.59. The fraction of sp³-hybridized carbons (Fsp3) is 0.750. The number of nitrogens with zero attached hydrogens (tertiary/aromatic N) is 1. The number of nitrogens with two attached hydrogens (primary N) is 1. The SMILES string of the molecule is Cc1cn([C@@H]2O[C@H](CO[Si](C)(C)C(C)(C)C)C3(OS(=O)(=O)C(I)=C3N)[C@H]2O[Si](C)(C)C(C)(C)C)c(=O)[nH]c1=O. The molecule has 0 aliphatic carbocycles. The molecule has 1 aromatic rings. The van der Waals surface area contributed by atoms with Crippen LogP contribution >= 0.6 is 22.6 Å². The van der Waals surface area contributed by atoms with Crippen molar-refractivity contribution in [2.24, 2.45) is 5.73 Å². The lowest BCUT2D eigenvalue weighted by Gasteiger charge is -2.43. The molecule has 222 valence electrons. The summed E-state index contributed by atoms with van der Waals surface area (Å²) in [5.74, 6) is 0. The van der Waals surface area contributed by atoms with E-state index in [-0.39, 0.29) is 30.9 Å². The second-order valence-electron chi connectivity index (χ2n) is 13.4. The van der Waals surface area contributed by atoms with Crippen molar-refractivity contribution in [2.45, 2.75) is 109 Å². The zero-order valence-corrected chi connectivity index (χ0v) is 29.6. The maximum atomic E-state index is 13.1. The van der Waals surface area contributed by atoms with Crippen LogP contribution in [0.2, 0.25) is 36.3 Å². The van der Waals surface area contributed by atoms with Gasteiger partial charge in [-0.1, -0.05) is 41.5 Å². The number of H-pyrrole nitrogens is 1. The van der Waals surface area contributed by atoms with E-state index in [0.717, 1.165) is 0 Å². The summed E-state index contributed by atoms with van der Waals surface area (Å²) < 4.78 is 53.0. The van der Waals surface area contributed by atoms with Gasteiger partial charge < -0.3 is 19.3 Å². The molecule has 3 heterocycles. The van der Waals surface area contributed by atoms with Gasteiger partial charge in [0.2, 0.25) is 0 Å². The van der Waals surface area contributed by atoms with Crippen molar-refractivity contribution in [1.82, 2.24) is 9.55 Å². The van der Waals surface area contributed by atoms with Crippen LogP contribution in [0, 0.1) is 6.92 Å². The van der Waals surface area contributed by atoms with Crippen molar-refractivity contribution in [3.63, 3.8) is 0 Å². The molecule has 1 saturated heterocycles. The maximum absolute atomic E-state index is 13.1. The molecule has 11 nitrogen and oxygen atoms in total. The Bertz CT molecular complexity index is 1390. The van der Waals surface area contributed by atoms with E-state index in [1.165, 1.54) is 10.8 Å². The van der Waals surface area contributed by atoms with Crippen LogP contribution in [0.4, 0.5) is 0 Å². The van der Waals surface area contributed by atoms with E-state index < -0.39 is 62.0 Å². The molecular weight excluding hydrogens is 673 g/mol. The molecule has 4 atom stereocenters. The average Bonchev–Trinajstić information content (AvgIpc) is 3.14. The second-order valence-corrected chi connectivity index (χ2v) is 26.2. The van der Waals surface area contributed by atoms with Crippen LogP contribution in [0.3, 0.4) is 0 Å². The third-order valence-electron chi connectivity index (χ3n) is 8.61. The normalized spacial score (nSPS) is 28.1. The molecule has 0 radical (unpaired) electrons. The minimum atomic E-state index is -4.23. The fourth-order valence-electron chi connectivity index (χ4n) is 4.00. The minimum Gasteiger partial charge on any atom is -0.414 e. The second kappa shape index (κ2) is 10.2. The highest BCUT2D eigenvalue weighted by Gasteiger charge is 2.68. The van der Waals surface area contributed by atoms with Crippen LogP contribution in [0.1, 0.15) is 53.3 Å². The highest BCUT2D eigenvalue weighted by molar-refractivity contribution is 14.1. The van der Waals surface area contributed by atoms with E-state index in [4.69, 9.17) is 23.5 Å². The Morgan fingerprint density at radius 1 is 1.10 bits per heavy atom. The summed E-state index contributed by atoms with van der Waals surface area (Å²) >= 11 is 1.66. The third-order valence-corrected chi connectivity index (χ3v) is 20.9. The molecule has 1 spiro atoms. The number of halogens is 1. The number of hydrogen-bond donors (Lipinski definition) is 2. The van der Waals surface area contributed by atoms with Crippen molar-refractivity contribution in [3.8, 4) is 0 Å². The molecule has 1 fully saturated rings. The standard InChI is InChI=1S/C24H42IN3O8SSi2/c1-14-12-28(21(30)27-19(14)29)20-17(35-39(10,11)23(5,6)7)24(16(26)18(25)37(31,32)36-24)15(34-20)13-33-38(8,9)22(2,3)4/h12,15,17,20H,13,26H2,1-11H3,(H,27,29,30)/t15-,17+,20-,24?/m1/s1. The van der Waals surface area contributed by atoms with E-state index in [9.17, 15) is 18.0 Å². The predicted octanol–water partition coefficient (Wildman–Crippen LogP) is 3.82. The molecule has 1 aromatic heterocycles. The van der Waals surface area contributed by atoms with E-state index in [0.29, 0.717) is 0 Å². The van der Waals surface area contributed by atoms with Gasteiger partial charge in [-0.25, -0.2) is 8.98 Å². The van der Waals surface area contributed by atoms with Gasteiger partial charge in [0.05, 0.1) is 12.3 Å². The van der Waals surface area contributed by atoms with Crippen LogP contribution in [0.25, 0.3) is 0 Å². The number of rotatable bonds is 6. The Morgan fingerprint density at radius 3 is 2.10 bits per heavy atom. The number of aromatic amines is 1. The number of hydrogen-bond acceptors (Lipinski definition) is 9. The molecule has 3 rings (SSSR count). The van der Waals surface area contributed by atoms with Crippen LogP contribution in [0.5, 0.6) is 0 Å². The first-order valence-electron chi connectivity index (χ1n) is 12.8. The third kappa shape index (κ3) is 5.66. The van der Waals surface area contributed by atoms with E-state index in [1.807, 2.05) is 33.9 Å². The maximum Gasteiger partial charge on any atom is 0.330 e. The zero-order valence-electron chi connectivity index (χ0n) is 24.6. The Balaban J connectivity index is 2.29. The quantitative estimate of drug-likeness (QED) is 0.255. The minimum absolute atomic E-state index is 0.0401. The van der Waals surface area contributed by atoms with E-state index >= 15 is 0 Å². The summed E-state index contributed by atoms with van der Waals surface area (Å²) in [4.78, 5) is 27.5. The van der Waals surface area contributed by atoms with Gasteiger partial charge in [-0.2, -0.15) is 8.42 Å². The number of ether oxygens (including phenoxy) is 1. The Kier molecular flexibility index (Phi) is 8.52. The molecule has 0 bridgehead atoms. The fourth-order valence-corrected chi connectivity index (χ4v) is 8.13. The first-order chi connectivity index (χ1) is 17.4. The first-order valence-corrected chi connectivity index (χ1v) is 21.1. The van der Waals surface area contributed by atoms with Gasteiger partial charge in [0.1, 0.15) is 12.2 Å². The summed E-state index contributed by atoms with van der Waals surface area (Å²) in [7, 11) is -9.21. The van der Waals surface area contributed by atoms with Gasteiger partial charge in [-0.15, -0.1) is 0 Å². The summed E-state index contributed by atoms with van der Waals surface area (Å²) in [6.07, 6.45) is -1.96. The molecule has 3 N–H and O–H groups in total. The molecule has 2 aliphatic rings. The Morgan fingerprint density at radius 2 is 1.64 bits per heavy atom. The molecule has 0 amide bonds. The summed E-state index contributed by atoms with van der Waals surface area (Å²) in [6.45, 7) is 22.1. The molecule has 39 heavy (non-hydrogen) atoms.